The Morgan fingerprint density at radius 1 is 1.32 bits per heavy atom. The lowest BCUT2D eigenvalue weighted by Crippen LogP contribution is -2.01. The highest BCUT2D eigenvalue weighted by atomic mass is 79.9. The molecule has 1 aromatic carbocycles. The summed E-state index contributed by atoms with van der Waals surface area (Å²) in [5.74, 6) is 1.19. The van der Waals surface area contributed by atoms with Crippen LogP contribution in [0.1, 0.15) is 11.4 Å². The molecule has 96 valence electrons. The molecule has 0 unspecified atom stereocenters. The average Bonchev–Trinajstić information content (AvgIpc) is 2.80. The molecule has 0 N–H and O–H groups in total. The molecule has 0 aliphatic carbocycles. The van der Waals surface area contributed by atoms with Gasteiger partial charge in [0.15, 0.2) is 0 Å². The van der Waals surface area contributed by atoms with E-state index >= 15 is 0 Å². The molecule has 5 heteroatoms. The standard InChI is InChI=1S/C14H11BrClN3/c1-9-2-3-10(15)6-13(9)19-12-4-5-17-8-11(12)18-14(19)7-16/h2-6,8H,7H2,1H3. The molecular formula is C14H11BrClN3. The third kappa shape index (κ3) is 2.15. The van der Waals surface area contributed by atoms with E-state index in [0.717, 1.165) is 27.0 Å². The molecule has 0 aliphatic rings. The van der Waals surface area contributed by atoms with Crippen molar-refractivity contribution in [1.29, 1.82) is 0 Å². The van der Waals surface area contributed by atoms with Crippen LogP contribution in [-0.4, -0.2) is 14.5 Å². The summed E-state index contributed by atoms with van der Waals surface area (Å²) in [5, 5.41) is 0. The van der Waals surface area contributed by atoms with Crippen LogP contribution in [0.4, 0.5) is 0 Å². The van der Waals surface area contributed by atoms with E-state index in [2.05, 4.69) is 49.5 Å². The van der Waals surface area contributed by atoms with Crippen LogP contribution in [-0.2, 0) is 5.88 Å². The Bertz CT molecular complexity index is 752. The number of benzene rings is 1. The minimum atomic E-state index is 0.362. The van der Waals surface area contributed by atoms with Crippen LogP contribution in [0.3, 0.4) is 0 Å². The first-order chi connectivity index (χ1) is 9.20. The molecule has 3 aromatic rings. The number of rotatable bonds is 2. The van der Waals surface area contributed by atoms with Crippen LogP contribution in [0, 0.1) is 6.92 Å². The van der Waals surface area contributed by atoms with Crippen LogP contribution < -0.4 is 0 Å². The van der Waals surface area contributed by atoms with Gasteiger partial charge in [-0.05, 0) is 30.7 Å². The highest BCUT2D eigenvalue weighted by molar-refractivity contribution is 9.10. The highest BCUT2D eigenvalue weighted by Gasteiger charge is 2.13. The minimum Gasteiger partial charge on any atom is -0.295 e. The van der Waals surface area contributed by atoms with Gasteiger partial charge in [-0.15, -0.1) is 11.6 Å². The van der Waals surface area contributed by atoms with Gasteiger partial charge in [0, 0.05) is 10.7 Å². The number of nitrogens with zero attached hydrogens (tertiary/aromatic N) is 3. The van der Waals surface area contributed by atoms with Gasteiger partial charge in [0.05, 0.1) is 23.3 Å². The fourth-order valence-corrected chi connectivity index (χ4v) is 2.69. The molecule has 0 atom stereocenters. The molecule has 0 bridgehead atoms. The quantitative estimate of drug-likeness (QED) is 0.656. The Balaban J connectivity index is 2.37. The van der Waals surface area contributed by atoms with E-state index in [1.165, 1.54) is 5.56 Å². The lowest BCUT2D eigenvalue weighted by molar-refractivity contribution is 0.971. The molecule has 0 fully saturated rings. The predicted octanol–water partition coefficient (Wildman–Crippen LogP) is 4.23. The van der Waals surface area contributed by atoms with Crippen LogP contribution in [0.5, 0.6) is 0 Å². The smallest absolute Gasteiger partial charge is 0.129 e. The highest BCUT2D eigenvalue weighted by Crippen LogP contribution is 2.26. The Labute approximate surface area is 124 Å². The van der Waals surface area contributed by atoms with E-state index in [4.69, 9.17) is 11.6 Å². The summed E-state index contributed by atoms with van der Waals surface area (Å²) in [7, 11) is 0. The van der Waals surface area contributed by atoms with Crippen molar-refractivity contribution < 1.29 is 0 Å². The number of alkyl halides is 1. The van der Waals surface area contributed by atoms with Gasteiger partial charge in [-0.2, -0.15) is 0 Å². The summed E-state index contributed by atoms with van der Waals surface area (Å²) >= 11 is 9.54. The number of aryl methyl sites for hydroxylation is 1. The summed E-state index contributed by atoms with van der Waals surface area (Å²) in [5.41, 5.74) is 4.13. The number of halogens is 2. The number of aromatic nitrogens is 3. The lowest BCUT2D eigenvalue weighted by Gasteiger charge is -2.11. The summed E-state index contributed by atoms with van der Waals surface area (Å²) < 4.78 is 3.12. The Kier molecular flexibility index (Phi) is 3.29. The van der Waals surface area contributed by atoms with Crippen LogP contribution in [0.15, 0.2) is 41.1 Å². The molecule has 0 radical (unpaired) electrons. The fourth-order valence-electron chi connectivity index (χ4n) is 2.16. The predicted molar refractivity (Wildman–Crippen MR) is 80.9 cm³/mol. The third-order valence-electron chi connectivity index (χ3n) is 3.06. The normalized spacial score (nSPS) is 11.1. The van der Waals surface area contributed by atoms with E-state index in [9.17, 15) is 0 Å². The molecule has 0 spiro atoms. The summed E-state index contributed by atoms with van der Waals surface area (Å²) in [4.78, 5) is 8.64. The molecule has 3 nitrogen and oxygen atoms in total. The summed E-state index contributed by atoms with van der Waals surface area (Å²) in [6.07, 6.45) is 3.53. The molecule has 0 saturated heterocycles. The van der Waals surface area contributed by atoms with Crippen molar-refractivity contribution in [1.82, 2.24) is 14.5 Å². The second kappa shape index (κ2) is 4.94. The average molecular weight is 337 g/mol. The third-order valence-corrected chi connectivity index (χ3v) is 3.79. The van der Waals surface area contributed by atoms with Gasteiger partial charge in [-0.1, -0.05) is 22.0 Å². The lowest BCUT2D eigenvalue weighted by atomic mass is 10.2. The van der Waals surface area contributed by atoms with Crippen molar-refractivity contribution in [3.63, 3.8) is 0 Å². The van der Waals surface area contributed by atoms with Crippen molar-refractivity contribution in [3.8, 4) is 5.69 Å². The molecule has 2 heterocycles. The summed E-state index contributed by atoms with van der Waals surface area (Å²) in [6.45, 7) is 2.08. The maximum absolute atomic E-state index is 6.03. The molecule has 3 rings (SSSR count). The summed E-state index contributed by atoms with van der Waals surface area (Å²) in [6, 6.07) is 8.13. The zero-order valence-electron chi connectivity index (χ0n) is 10.3. The fraction of sp³-hybridized carbons (Fsp3) is 0.143. The van der Waals surface area contributed by atoms with Crippen molar-refractivity contribution in [2.75, 3.05) is 0 Å². The number of imidazole rings is 1. The van der Waals surface area contributed by atoms with Gasteiger partial charge in [0.2, 0.25) is 0 Å². The first kappa shape index (κ1) is 12.6. The zero-order chi connectivity index (χ0) is 13.4. The van der Waals surface area contributed by atoms with Crippen LogP contribution >= 0.6 is 27.5 Å². The van der Waals surface area contributed by atoms with Crippen molar-refractivity contribution >= 4 is 38.6 Å². The molecule has 2 aromatic heterocycles. The SMILES string of the molecule is Cc1ccc(Br)cc1-n1c(CCl)nc2cnccc21. The second-order valence-corrected chi connectivity index (χ2v) is 5.48. The molecular weight excluding hydrogens is 326 g/mol. The number of pyridine rings is 1. The Hall–Kier alpha value is -1.39. The maximum atomic E-state index is 6.03. The monoisotopic (exact) mass is 335 g/mol. The van der Waals surface area contributed by atoms with Gasteiger partial charge in [-0.25, -0.2) is 4.98 Å². The minimum absolute atomic E-state index is 0.362. The second-order valence-electron chi connectivity index (χ2n) is 4.29. The Morgan fingerprint density at radius 2 is 2.16 bits per heavy atom. The first-order valence-corrected chi connectivity index (χ1v) is 7.17. The molecule has 19 heavy (non-hydrogen) atoms. The van der Waals surface area contributed by atoms with Crippen molar-refractivity contribution in [2.45, 2.75) is 12.8 Å². The van der Waals surface area contributed by atoms with Crippen molar-refractivity contribution in [2.24, 2.45) is 0 Å². The molecule has 0 amide bonds. The van der Waals surface area contributed by atoms with E-state index in [1.807, 2.05) is 12.1 Å². The maximum Gasteiger partial charge on any atom is 0.129 e. The van der Waals surface area contributed by atoms with E-state index in [-0.39, 0.29) is 0 Å². The zero-order valence-corrected chi connectivity index (χ0v) is 12.6. The first-order valence-electron chi connectivity index (χ1n) is 5.84. The van der Waals surface area contributed by atoms with E-state index < -0.39 is 0 Å². The largest absolute Gasteiger partial charge is 0.295 e. The number of fused-ring (bicyclic) bond motifs is 1. The van der Waals surface area contributed by atoms with Gasteiger partial charge in [0.25, 0.3) is 0 Å². The van der Waals surface area contributed by atoms with Crippen LogP contribution in [0.2, 0.25) is 0 Å². The van der Waals surface area contributed by atoms with Gasteiger partial charge >= 0.3 is 0 Å². The van der Waals surface area contributed by atoms with Gasteiger partial charge in [0.1, 0.15) is 11.3 Å². The molecule has 0 saturated carbocycles. The van der Waals surface area contributed by atoms with Gasteiger partial charge < -0.3 is 0 Å². The topological polar surface area (TPSA) is 30.7 Å². The van der Waals surface area contributed by atoms with Gasteiger partial charge in [-0.3, -0.25) is 9.55 Å². The number of hydrogen-bond acceptors (Lipinski definition) is 2. The van der Waals surface area contributed by atoms with E-state index in [0.29, 0.717) is 5.88 Å². The van der Waals surface area contributed by atoms with Crippen LogP contribution in [0.25, 0.3) is 16.7 Å². The van der Waals surface area contributed by atoms with Crippen molar-refractivity contribution in [3.05, 3.63) is 52.5 Å². The molecule has 0 aliphatic heterocycles. The Morgan fingerprint density at radius 3 is 2.95 bits per heavy atom. The number of hydrogen-bond donors (Lipinski definition) is 0. The van der Waals surface area contributed by atoms with E-state index in [1.54, 1.807) is 12.4 Å².